The molecule has 3 rings (SSSR count). The second kappa shape index (κ2) is 5.23. The number of benzene rings is 1. The average Bonchev–Trinajstić information content (AvgIpc) is 3.21. The lowest BCUT2D eigenvalue weighted by Crippen LogP contribution is -2.15. The number of carbonyl (C=O) groups is 2. The fourth-order valence-electron chi connectivity index (χ4n) is 1.83. The van der Waals surface area contributed by atoms with Gasteiger partial charge in [0.2, 0.25) is 17.7 Å². The minimum absolute atomic E-state index is 0.00518. The first kappa shape index (κ1) is 13.1. The molecule has 21 heavy (non-hydrogen) atoms. The second-order valence-electron chi connectivity index (χ2n) is 4.84. The molecule has 1 aliphatic carbocycles. The molecule has 0 spiro atoms. The lowest BCUT2D eigenvalue weighted by molar-refractivity contribution is -0.117. The molecule has 1 aliphatic rings. The molecule has 0 atom stereocenters. The van der Waals surface area contributed by atoms with E-state index in [1.807, 2.05) is 0 Å². The van der Waals surface area contributed by atoms with Gasteiger partial charge in [-0.2, -0.15) is 4.98 Å². The Morgan fingerprint density at radius 3 is 2.57 bits per heavy atom. The van der Waals surface area contributed by atoms with Crippen molar-refractivity contribution in [2.24, 2.45) is 5.92 Å². The summed E-state index contributed by atoms with van der Waals surface area (Å²) in [5, 5.41) is 11.5. The van der Waals surface area contributed by atoms with Gasteiger partial charge in [0.05, 0.1) is 0 Å². The van der Waals surface area contributed by atoms with Crippen LogP contribution in [0.15, 0.2) is 24.3 Å². The summed E-state index contributed by atoms with van der Waals surface area (Å²) >= 11 is 0. The molecule has 2 aromatic rings. The van der Waals surface area contributed by atoms with Crippen LogP contribution in [0, 0.1) is 5.92 Å². The van der Waals surface area contributed by atoms with E-state index >= 15 is 0 Å². The lowest BCUT2D eigenvalue weighted by atomic mass is 10.2. The van der Waals surface area contributed by atoms with Crippen molar-refractivity contribution in [2.45, 2.75) is 12.8 Å². The third-order valence-electron chi connectivity index (χ3n) is 3.05. The first-order chi connectivity index (χ1) is 10.1. The number of aromatic nitrogens is 3. The van der Waals surface area contributed by atoms with Gasteiger partial charge in [0.25, 0.3) is 5.91 Å². The zero-order valence-electron chi connectivity index (χ0n) is 11.1. The number of amides is 2. The SMILES string of the molecule is Nc1n[nH]c(C(=O)Nc2cccc(NC(=O)C3CC3)c2)n1. The molecular formula is C13H14N6O2. The highest BCUT2D eigenvalue weighted by atomic mass is 16.2. The Hall–Kier alpha value is -2.90. The molecule has 8 nitrogen and oxygen atoms in total. The van der Waals surface area contributed by atoms with E-state index in [-0.39, 0.29) is 23.6 Å². The Bertz CT molecular complexity index is 691. The highest BCUT2D eigenvalue weighted by Crippen LogP contribution is 2.30. The number of hydrogen-bond acceptors (Lipinski definition) is 5. The molecule has 0 unspecified atom stereocenters. The van der Waals surface area contributed by atoms with Crippen LogP contribution in [0.1, 0.15) is 23.5 Å². The van der Waals surface area contributed by atoms with Crippen LogP contribution in [-0.4, -0.2) is 27.0 Å². The summed E-state index contributed by atoms with van der Waals surface area (Å²) < 4.78 is 0. The van der Waals surface area contributed by atoms with Gasteiger partial charge in [-0.25, -0.2) is 0 Å². The van der Waals surface area contributed by atoms with E-state index in [4.69, 9.17) is 5.73 Å². The summed E-state index contributed by atoms with van der Waals surface area (Å²) in [6, 6.07) is 6.90. The minimum atomic E-state index is -0.454. The topological polar surface area (TPSA) is 126 Å². The van der Waals surface area contributed by atoms with Crippen molar-refractivity contribution in [3.63, 3.8) is 0 Å². The number of nitrogens with two attached hydrogens (primary N) is 1. The molecule has 1 aromatic carbocycles. The summed E-state index contributed by atoms with van der Waals surface area (Å²) in [6.45, 7) is 0. The summed E-state index contributed by atoms with van der Waals surface area (Å²) in [5.41, 5.74) is 6.53. The van der Waals surface area contributed by atoms with Crippen molar-refractivity contribution in [2.75, 3.05) is 16.4 Å². The summed E-state index contributed by atoms with van der Waals surface area (Å²) in [5.74, 6) is -0.280. The van der Waals surface area contributed by atoms with Gasteiger partial charge in [-0.3, -0.25) is 14.7 Å². The zero-order chi connectivity index (χ0) is 14.8. The summed E-state index contributed by atoms with van der Waals surface area (Å²) in [6.07, 6.45) is 1.88. The smallest absolute Gasteiger partial charge is 0.293 e. The van der Waals surface area contributed by atoms with Crippen molar-refractivity contribution >= 4 is 29.1 Å². The van der Waals surface area contributed by atoms with Gasteiger partial charge in [0.15, 0.2) is 0 Å². The van der Waals surface area contributed by atoms with Gasteiger partial charge in [0, 0.05) is 17.3 Å². The Labute approximate surface area is 120 Å². The Morgan fingerprint density at radius 1 is 1.24 bits per heavy atom. The second-order valence-corrected chi connectivity index (χ2v) is 4.84. The number of hydrogen-bond donors (Lipinski definition) is 4. The molecule has 0 saturated heterocycles. The third kappa shape index (κ3) is 3.16. The van der Waals surface area contributed by atoms with Gasteiger partial charge in [0.1, 0.15) is 0 Å². The number of nitrogens with one attached hydrogen (secondary N) is 3. The van der Waals surface area contributed by atoms with E-state index < -0.39 is 5.91 Å². The van der Waals surface area contributed by atoms with Crippen molar-refractivity contribution in [1.82, 2.24) is 15.2 Å². The quantitative estimate of drug-likeness (QED) is 0.666. The van der Waals surface area contributed by atoms with E-state index in [9.17, 15) is 9.59 Å². The fourth-order valence-corrected chi connectivity index (χ4v) is 1.83. The average molecular weight is 286 g/mol. The molecule has 0 bridgehead atoms. The van der Waals surface area contributed by atoms with Crippen molar-refractivity contribution in [1.29, 1.82) is 0 Å². The van der Waals surface area contributed by atoms with Crippen LogP contribution >= 0.6 is 0 Å². The third-order valence-corrected chi connectivity index (χ3v) is 3.05. The number of carbonyl (C=O) groups excluding carboxylic acids is 2. The maximum Gasteiger partial charge on any atom is 0.293 e. The number of anilines is 3. The number of nitrogens with zero attached hydrogens (tertiary/aromatic N) is 2. The first-order valence-corrected chi connectivity index (χ1v) is 6.52. The van der Waals surface area contributed by atoms with Crippen molar-refractivity contribution < 1.29 is 9.59 Å². The molecule has 0 aliphatic heterocycles. The minimum Gasteiger partial charge on any atom is -0.366 e. The van der Waals surface area contributed by atoms with Gasteiger partial charge in [-0.15, -0.1) is 5.10 Å². The van der Waals surface area contributed by atoms with Crippen LogP contribution in [0.25, 0.3) is 0 Å². The van der Waals surface area contributed by atoms with E-state index in [0.29, 0.717) is 11.4 Å². The van der Waals surface area contributed by atoms with Crippen LogP contribution in [0.5, 0.6) is 0 Å². The van der Waals surface area contributed by atoms with E-state index in [1.54, 1.807) is 24.3 Å². The zero-order valence-corrected chi connectivity index (χ0v) is 11.1. The largest absolute Gasteiger partial charge is 0.366 e. The van der Waals surface area contributed by atoms with E-state index in [0.717, 1.165) is 12.8 Å². The predicted molar refractivity (Wildman–Crippen MR) is 76.5 cm³/mol. The molecule has 8 heteroatoms. The predicted octanol–water partition coefficient (Wildman–Crippen LogP) is 0.988. The monoisotopic (exact) mass is 286 g/mol. The molecular weight excluding hydrogens is 272 g/mol. The molecule has 1 fully saturated rings. The normalized spacial score (nSPS) is 13.7. The summed E-state index contributed by atoms with van der Waals surface area (Å²) in [7, 11) is 0. The van der Waals surface area contributed by atoms with Crippen LogP contribution in [0.4, 0.5) is 17.3 Å². The lowest BCUT2D eigenvalue weighted by Gasteiger charge is -2.07. The first-order valence-electron chi connectivity index (χ1n) is 6.52. The maximum absolute atomic E-state index is 11.9. The fraction of sp³-hybridized carbons (Fsp3) is 0.231. The molecule has 0 radical (unpaired) electrons. The van der Waals surface area contributed by atoms with E-state index in [1.165, 1.54) is 0 Å². The van der Waals surface area contributed by atoms with Crippen LogP contribution in [-0.2, 0) is 4.79 Å². The van der Waals surface area contributed by atoms with Gasteiger partial charge < -0.3 is 16.4 Å². The Morgan fingerprint density at radius 2 is 1.95 bits per heavy atom. The maximum atomic E-state index is 11.9. The highest BCUT2D eigenvalue weighted by molar-refractivity contribution is 6.02. The van der Waals surface area contributed by atoms with Crippen LogP contribution in [0.2, 0.25) is 0 Å². The van der Waals surface area contributed by atoms with Gasteiger partial charge in [-0.05, 0) is 31.0 Å². The Balaban J connectivity index is 1.67. The standard InChI is InChI=1S/C13H14N6O2/c14-13-17-10(18-19-13)12(21)16-9-3-1-2-8(6-9)15-11(20)7-4-5-7/h1-3,6-7H,4-5H2,(H,15,20)(H,16,21)(H3,14,17,18,19). The molecule has 1 heterocycles. The highest BCUT2D eigenvalue weighted by Gasteiger charge is 2.29. The van der Waals surface area contributed by atoms with Gasteiger partial charge in [-0.1, -0.05) is 6.07 Å². The van der Waals surface area contributed by atoms with Crippen molar-refractivity contribution in [3.8, 4) is 0 Å². The Kier molecular flexibility index (Phi) is 3.27. The molecule has 108 valence electrons. The number of rotatable bonds is 4. The van der Waals surface area contributed by atoms with Crippen LogP contribution in [0.3, 0.4) is 0 Å². The van der Waals surface area contributed by atoms with E-state index in [2.05, 4.69) is 25.8 Å². The molecule has 2 amide bonds. The molecule has 1 saturated carbocycles. The summed E-state index contributed by atoms with van der Waals surface area (Å²) in [4.78, 5) is 27.3. The van der Waals surface area contributed by atoms with Crippen LogP contribution < -0.4 is 16.4 Å². The van der Waals surface area contributed by atoms with Gasteiger partial charge >= 0.3 is 0 Å². The number of aromatic amines is 1. The number of nitrogen functional groups attached to an aromatic ring is 1. The number of H-pyrrole nitrogens is 1. The molecule has 5 N–H and O–H groups in total. The van der Waals surface area contributed by atoms with Crippen molar-refractivity contribution in [3.05, 3.63) is 30.1 Å². The molecule has 1 aromatic heterocycles.